The first kappa shape index (κ1) is 20.6. The number of aryl methyl sites for hydroxylation is 1. The Morgan fingerprint density at radius 3 is 2.82 bits per heavy atom. The van der Waals surface area contributed by atoms with Gasteiger partial charge in [0.25, 0.3) is 5.91 Å². The molecule has 0 unspecified atom stereocenters. The summed E-state index contributed by atoms with van der Waals surface area (Å²) in [5, 5.41) is 13.8. The molecule has 148 valence electrons. The summed E-state index contributed by atoms with van der Waals surface area (Å²) in [7, 11) is 0. The first-order valence-corrected chi connectivity index (χ1v) is 10.9. The predicted octanol–water partition coefficient (Wildman–Crippen LogP) is 4.22. The van der Waals surface area contributed by atoms with Crippen LogP contribution in [-0.4, -0.2) is 38.5 Å². The van der Waals surface area contributed by atoms with Crippen molar-refractivity contribution in [2.75, 3.05) is 12.8 Å². The van der Waals surface area contributed by atoms with Gasteiger partial charge in [-0.1, -0.05) is 37.2 Å². The van der Waals surface area contributed by atoms with Gasteiger partial charge >= 0.3 is 0 Å². The predicted molar refractivity (Wildman–Crippen MR) is 114 cm³/mol. The summed E-state index contributed by atoms with van der Waals surface area (Å²) in [5.74, 6) is 1.41. The van der Waals surface area contributed by atoms with E-state index in [9.17, 15) is 4.79 Å². The van der Waals surface area contributed by atoms with Crippen molar-refractivity contribution >= 4 is 40.2 Å². The van der Waals surface area contributed by atoms with Gasteiger partial charge in [-0.3, -0.25) is 4.79 Å². The number of aromatic nitrogens is 4. The molecule has 0 fully saturated rings. The number of benzene rings is 1. The molecule has 8 heteroatoms. The lowest BCUT2D eigenvalue weighted by Gasteiger charge is -2.12. The highest BCUT2D eigenvalue weighted by atomic mass is 35.5. The number of thioether (sulfide) groups is 1. The van der Waals surface area contributed by atoms with E-state index in [1.807, 2.05) is 24.5 Å². The topological polar surface area (TPSA) is 72.7 Å². The molecule has 2 heterocycles. The fraction of sp³-hybridized carbons (Fsp3) is 0.400. The SMILES string of the molecule is CSc1nnc(CCCNC(=O)c2ccc3nc(Cl)ccc3c2)n1CC(C)C. The number of nitrogens with zero attached hydrogens (tertiary/aromatic N) is 4. The second kappa shape index (κ2) is 9.39. The maximum Gasteiger partial charge on any atom is 0.251 e. The molecule has 0 saturated carbocycles. The fourth-order valence-corrected chi connectivity index (χ4v) is 3.67. The minimum atomic E-state index is -0.0923. The van der Waals surface area contributed by atoms with Gasteiger partial charge in [0.05, 0.1) is 5.52 Å². The minimum Gasteiger partial charge on any atom is -0.352 e. The summed E-state index contributed by atoms with van der Waals surface area (Å²) in [4.78, 5) is 16.7. The molecule has 0 spiro atoms. The largest absolute Gasteiger partial charge is 0.352 e. The number of pyridine rings is 1. The average Bonchev–Trinajstić information content (AvgIpc) is 3.05. The first-order valence-electron chi connectivity index (χ1n) is 9.28. The van der Waals surface area contributed by atoms with Crippen molar-refractivity contribution in [1.82, 2.24) is 25.1 Å². The second-order valence-electron chi connectivity index (χ2n) is 7.01. The van der Waals surface area contributed by atoms with Gasteiger partial charge in [-0.05, 0) is 48.9 Å². The summed E-state index contributed by atoms with van der Waals surface area (Å²) in [6, 6.07) is 9.01. The van der Waals surface area contributed by atoms with E-state index in [-0.39, 0.29) is 5.91 Å². The highest BCUT2D eigenvalue weighted by Gasteiger charge is 2.13. The van der Waals surface area contributed by atoms with Gasteiger partial charge in [0.2, 0.25) is 0 Å². The molecule has 0 radical (unpaired) electrons. The summed E-state index contributed by atoms with van der Waals surface area (Å²) in [6.45, 7) is 5.85. The van der Waals surface area contributed by atoms with Crippen molar-refractivity contribution in [3.63, 3.8) is 0 Å². The molecule has 28 heavy (non-hydrogen) atoms. The van der Waals surface area contributed by atoms with Crippen molar-refractivity contribution in [2.45, 2.75) is 38.4 Å². The van der Waals surface area contributed by atoms with E-state index < -0.39 is 0 Å². The van der Waals surface area contributed by atoms with E-state index in [1.165, 1.54) is 0 Å². The van der Waals surface area contributed by atoms with Crippen molar-refractivity contribution in [1.29, 1.82) is 0 Å². The Morgan fingerprint density at radius 1 is 1.25 bits per heavy atom. The maximum atomic E-state index is 12.4. The summed E-state index contributed by atoms with van der Waals surface area (Å²) < 4.78 is 2.18. The van der Waals surface area contributed by atoms with Crippen molar-refractivity contribution in [3.8, 4) is 0 Å². The van der Waals surface area contributed by atoms with Crippen LogP contribution in [0.5, 0.6) is 0 Å². The molecule has 1 amide bonds. The van der Waals surface area contributed by atoms with Gasteiger partial charge in [-0.2, -0.15) is 0 Å². The Morgan fingerprint density at radius 2 is 2.07 bits per heavy atom. The maximum absolute atomic E-state index is 12.4. The van der Waals surface area contributed by atoms with Crippen LogP contribution in [-0.2, 0) is 13.0 Å². The number of nitrogens with one attached hydrogen (secondary N) is 1. The molecule has 0 aliphatic heterocycles. The Kier molecular flexibility index (Phi) is 6.91. The normalized spacial score (nSPS) is 11.3. The minimum absolute atomic E-state index is 0.0923. The van der Waals surface area contributed by atoms with E-state index >= 15 is 0 Å². The number of hydrogen-bond acceptors (Lipinski definition) is 5. The number of carbonyl (C=O) groups is 1. The number of halogens is 1. The summed E-state index contributed by atoms with van der Waals surface area (Å²) in [5.41, 5.74) is 1.39. The average molecular weight is 418 g/mol. The van der Waals surface area contributed by atoms with Gasteiger partial charge in [0.15, 0.2) is 5.16 Å². The Hall–Kier alpha value is -2.12. The molecule has 0 bridgehead atoms. The molecule has 0 saturated heterocycles. The Balaban J connectivity index is 1.56. The molecule has 6 nitrogen and oxygen atoms in total. The van der Waals surface area contributed by atoms with Crippen molar-refractivity contribution in [2.24, 2.45) is 5.92 Å². The zero-order chi connectivity index (χ0) is 20.1. The molecule has 3 aromatic rings. The van der Waals surface area contributed by atoms with Crippen LogP contribution in [0.3, 0.4) is 0 Å². The van der Waals surface area contributed by atoms with E-state index in [4.69, 9.17) is 11.6 Å². The van der Waals surface area contributed by atoms with Crippen LogP contribution in [0.2, 0.25) is 5.15 Å². The van der Waals surface area contributed by atoms with Gasteiger partial charge in [-0.25, -0.2) is 4.98 Å². The highest BCUT2D eigenvalue weighted by molar-refractivity contribution is 7.98. The molecular weight excluding hydrogens is 394 g/mol. The molecule has 1 N–H and O–H groups in total. The third-order valence-electron chi connectivity index (χ3n) is 4.30. The van der Waals surface area contributed by atoms with E-state index in [0.717, 1.165) is 41.3 Å². The number of amides is 1. The van der Waals surface area contributed by atoms with Gasteiger partial charge in [0.1, 0.15) is 11.0 Å². The van der Waals surface area contributed by atoms with E-state index in [2.05, 4.69) is 38.9 Å². The van der Waals surface area contributed by atoms with Crippen molar-refractivity contribution < 1.29 is 4.79 Å². The summed E-state index contributed by atoms with van der Waals surface area (Å²) >= 11 is 7.51. The summed E-state index contributed by atoms with van der Waals surface area (Å²) in [6.07, 6.45) is 3.60. The quantitative estimate of drug-likeness (QED) is 0.337. The standard InChI is InChI=1S/C20H24ClN5OS/c1-13(2)12-26-18(24-25-20(26)28-3)5-4-10-22-19(27)15-6-8-16-14(11-15)7-9-17(21)23-16/h6-9,11,13H,4-5,10,12H2,1-3H3,(H,22,27). The second-order valence-corrected chi connectivity index (χ2v) is 8.17. The van der Waals surface area contributed by atoms with Crippen LogP contribution in [0.25, 0.3) is 10.9 Å². The zero-order valence-corrected chi connectivity index (χ0v) is 17.8. The lowest BCUT2D eigenvalue weighted by molar-refractivity contribution is 0.0953. The van der Waals surface area contributed by atoms with Gasteiger partial charge in [-0.15, -0.1) is 10.2 Å². The van der Waals surface area contributed by atoms with Gasteiger partial charge < -0.3 is 9.88 Å². The molecule has 2 aromatic heterocycles. The third kappa shape index (κ3) is 5.02. The number of carbonyl (C=O) groups excluding carboxylic acids is 1. The Bertz CT molecular complexity index is 972. The van der Waals surface area contributed by atoms with E-state index in [1.54, 1.807) is 23.9 Å². The van der Waals surface area contributed by atoms with Crippen LogP contribution >= 0.6 is 23.4 Å². The van der Waals surface area contributed by atoms with Gasteiger partial charge in [0, 0.05) is 30.5 Å². The molecular formula is C20H24ClN5OS. The Labute approximate surface area is 174 Å². The first-order chi connectivity index (χ1) is 13.5. The zero-order valence-electron chi connectivity index (χ0n) is 16.3. The van der Waals surface area contributed by atoms with Crippen LogP contribution in [0.15, 0.2) is 35.5 Å². The molecule has 0 aliphatic rings. The van der Waals surface area contributed by atoms with Crippen LogP contribution in [0.4, 0.5) is 0 Å². The number of fused-ring (bicyclic) bond motifs is 1. The monoisotopic (exact) mass is 417 g/mol. The third-order valence-corrected chi connectivity index (χ3v) is 5.18. The lowest BCUT2D eigenvalue weighted by Crippen LogP contribution is -2.25. The van der Waals surface area contributed by atoms with E-state index in [0.29, 0.717) is 23.2 Å². The molecule has 0 aliphatic carbocycles. The van der Waals surface area contributed by atoms with Crippen LogP contribution in [0, 0.1) is 5.92 Å². The van der Waals surface area contributed by atoms with Crippen LogP contribution in [0.1, 0.15) is 36.5 Å². The fourth-order valence-electron chi connectivity index (χ4n) is 3.00. The van der Waals surface area contributed by atoms with Crippen molar-refractivity contribution in [3.05, 3.63) is 46.9 Å². The number of hydrogen-bond donors (Lipinski definition) is 1. The van der Waals surface area contributed by atoms with Crippen LogP contribution < -0.4 is 5.32 Å². The molecule has 0 atom stereocenters. The number of rotatable bonds is 8. The smallest absolute Gasteiger partial charge is 0.251 e. The highest BCUT2D eigenvalue weighted by Crippen LogP contribution is 2.18. The molecule has 1 aromatic carbocycles. The molecule has 3 rings (SSSR count). The lowest BCUT2D eigenvalue weighted by atomic mass is 10.1.